The second kappa shape index (κ2) is 16.8. The van der Waals surface area contributed by atoms with E-state index in [0.717, 1.165) is 54.5 Å². The third-order valence-electron chi connectivity index (χ3n) is 8.06. The molecule has 0 radical (unpaired) electrons. The van der Waals surface area contributed by atoms with E-state index in [1.54, 1.807) is 24.3 Å². The van der Waals surface area contributed by atoms with Crippen LogP contribution in [-0.2, 0) is 29.6 Å². The summed E-state index contributed by atoms with van der Waals surface area (Å²) in [6.45, 7) is 0. The van der Waals surface area contributed by atoms with E-state index in [0.29, 0.717) is 16.0 Å². The van der Waals surface area contributed by atoms with Crippen molar-refractivity contribution in [2.75, 3.05) is 12.8 Å². The minimum atomic E-state index is -4.84. The molecular formula is C33H27N7O15S4. The first kappa shape index (κ1) is 42.7. The SMILES string of the molecule is COc1cc(N=Nc2c(S(O)(O)O)cc3cc(S(=O)(=O)O)c(N)cc3c2O)c(O)cc1N=Nc1ccc(N=Nc2ccc(SOOO)cc2)c2ccc(S(=O)(=O)O)cc12. The molecule has 0 heterocycles. The topological polar surface area (TPSA) is 358 Å². The van der Waals surface area contributed by atoms with E-state index in [4.69, 9.17) is 15.7 Å². The smallest absolute Gasteiger partial charge is 0.296 e. The van der Waals surface area contributed by atoms with Crippen LogP contribution in [0.1, 0.15) is 0 Å². The normalized spacial score (nSPS) is 13.1. The molecule has 308 valence electrons. The molecule has 6 aromatic carbocycles. The standard InChI is InChI=1S/C33H27N7O15S4/c1-53-29-15-26(38-40-32-31(59(50,51)52)11-16-10-30(58(47,48)49)23(34)13-21(16)33(32)42)28(41)14-27(29)39-37-25-9-8-24(20-7-6-19(12-22(20)25)57(44,45)46)36-35-17-2-4-18(5-3-17)56-55-54-43/h2-15,41-43,50-52H,34H2,1H3,(H,44,45,46)(H,47,48,49). The largest absolute Gasteiger partial charge is 0.506 e. The van der Waals surface area contributed by atoms with Gasteiger partial charge in [0.25, 0.3) is 20.2 Å². The number of fused-ring (bicyclic) bond motifs is 2. The van der Waals surface area contributed by atoms with Gasteiger partial charge in [-0.15, -0.1) is 29.9 Å². The fourth-order valence-corrected chi connectivity index (χ4v) is 7.54. The molecule has 0 bridgehead atoms. The number of nitrogens with two attached hydrogens (primary N) is 1. The molecular weight excluding hydrogens is 863 g/mol. The molecule has 0 fully saturated rings. The van der Waals surface area contributed by atoms with E-state index in [1.807, 2.05) is 0 Å². The van der Waals surface area contributed by atoms with E-state index in [9.17, 15) is 49.8 Å². The van der Waals surface area contributed by atoms with Crippen molar-refractivity contribution in [2.45, 2.75) is 19.6 Å². The first-order valence-corrected chi connectivity index (χ1v) is 20.9. The second-order valence-corrected chi connectivity index (χ2v) is 16.9. The molecule has 0 amide bonds. The van der Waals surface area contributed by atoms with Crippen LogP contribution >= 0.6 is 22.9 Å². The molecule has 0 spiro atoms. The summed E-state index contributed by atoms with van der Waals surface area (Å²) in [5.74, 6) is -1.50. The number of anilines is 1. The molecule has 0 aliphatic heterocycles. The molecule has 0 saturated carbocycles. The number of nitrogens with zero attached hydrogens (tertiary/aromatic N) is 6. The fraction of sp³-hybridized carbons (Fsp3) is 0.0303. The zero-order chi connectivity index (χ0) is 42.9. The van der Waals surface area contributed by atoms with Crippen LogP contribution in [-0.4, -0.2) is 62.2 Å². The number of aromatic hydroxyl groups is 2. The third-order valence-corrected chi connectivity index (χ3v) is 11.3. The van der Waals surface area contributed by atoms with Crippen LogP contribution in [0.15, 0.2) is 135 Å². The van der Waals surface area contributed by atoms with Crippen LogP contribution in [0, 0.1) is 0 Å². The van der Waals surface area contributed by atoms with E-state index in [1.165, 1.54) is 25.3 Å². The molecule has 0 unspecified atom stereocenters. The van der Waals surface area contributed by atoms with Crippen LogP contribution in [0.4, 0.5) is 39.8 Å². The van der Waals surface area contributed by atoms with Gasteiger partial charge in [0.15, 0.2) is 5.75 Å². The third kappa shape index (κ3) is 9.54. The first-order chi connectivity index (χ1) is 27.8. The highest BCUT2D eigenvalue weighted by atomic mass is 32.3. The quantitative estimate of drug-likeness (QED) is 0.0130. The number of ether oxygens (including phenoxy) is 1. The first-order valence-electron chi connectivity index (χ1n) is 15.8. The van der Waals surface area contributed by atoms with Gasteiger partial charge in [0.2, 0.25) is 0 Å². The highest BCUT2D eigenvalue weighted by Crippen LogP contribution is 2.55. The summed E-state index contributed by atoms with van der Waals surface area (Å²) in [5.41, 5.74) is 4.90. The Labute approximate surface area is 337 Å². The molecule has 22 nitrogen and oxygen atoms in total. The predicted molar refractivity (Wildman–Crippen MR) is 212 cm³/mol. The fourth-order valence-electron chi connectivity index (χ4n) is 5.36. The number of methoxy groups -OCH3 is 1. The van der Waals surface area contributed by atoms with Gasteiger partial charge in [-0.2, -0.15) is 21.9 Å². The molecule has 0 aliphatic carbocycles. The molecule has 26 heteroatoms. The van der Waals surface area contributed by atoms with Crippen LogP contribution in [0.25, 0.3) is 21.5 Å². The Morgan fingerprint density at radius 1 is 0.627 bits per heavy atom. The van der Waals surface area contributed by atoms with Crippen LogP contribution < -0.4 is 10.5 Å². The number of rotatable bonds is 13. The highest BCUT2D eigenvalue weighted by molar-refractivity contribution is 8.19. The lowest BCUT2D eigenvalue weighted by Gasteiger charge is -2.22. The van der Waals surface area contributed by atoms with E-state index in [-0.39, 0.29) is 44.7 Å². The molecule has 6 aromatic rings. The summed E-state index contributed by atoms with van der Waals surface area (Å²) in [7, 11) is -12.9. The van der Waals surface area contributed by atoms with Crippen molar-refractivity contribution < 1.29 is 69.2 Å². The van der Waals surface area contributed by atoms with Gasteiger partial charge < -0.3 is 34.3 Å². The summed E-state index contributed by atoms with van der Waals surface area (Å²) in [6.07, 6.45) is 0. The van der Waals surface area contributed by atoms with Gasteiger partial charge in [0.1, 0.15) is 44.3 Å². The molecule has 6 rings (SSSR count). The van der Waals surface area contributed by atoms with E-state index < -0.39 is 68.7 Å². The number of azo groups is 3. The maximum absolute atomic E-state index is 12.0. The van der Waals surface area contributed by atoms with Crippen LogP contribution in [0.5, 0.6) is 17.2 Å². The number of benzene rings is 6. The number of hydrogen-bond acceptors (Lipinski definition) is 21. The van der Waals surface area contributed by atoms with E-state index in [2.05, 4.69) is 40.1 Å². The van der Waals surface area contributed by atoms with Crippen molar-refractivity contribution in [3.63, 3.8) is 0 Å². The molecule has 0 atom stereocenters. The minimum absolute atomic E-state index is 0.0614. The predicted octanol–water partition coefficient (Wildman–Crippen LogP) is 9.75. The van der Waals surface area contributed by atoms with Crippen molar-refractivity contribution in [1.29, 1.82) is 0 Å². The van der Waals surface area contributed by atoms with Gasteiger partial charge in [-0.1, -0.05) is 11.1 Å². The monoisotopic (exact) mass is 889 g/mol. The highest BCUT2D eigenvalue weighted by Gasteiger charge is 2.27. The second-order valence-electron chi connectivity index (χ2n) is 11.8. The Bertz CT molecular complexity index is 2940. The maximum Gasteiger partial charge on any atom is 0.296 e. The zero-order valence-corrected chi connectivity index (χ0v) is 32.7. The summed E-state index contributed by atoms with van der Waals surface area (Å²) in [5, 5.41) is 58.4. The molecule has 0 aromatic heterocycles. The van der Waals surface area contributed by atoms with Crippen molar-refractivity contribution in [3.05, 3.63) is 84.9 Å². The lowest BCUT2D eigenvalue weighted by atomic mass is 10.1. The Morgan fingerprint density at radius 2 is 1.25 bits per heavy atom. The Hall–Kier alpha value is -5.88. The van der Waals surface area contributed by atoms with Crippen LogP contribution in [0.2, 0.25) is 0 Å². The van der Waals surface area contributed by atoms with Crippen LogP contribution in [0.3, 0.4) is 0 Å². The Morgan fingerprint density at radius 3 is 1.88 bits per heavy atom. The lowest BCUT2D eigenvalue weighted by Crippen LogP contribution is -2.03. The van der Waals surface area contributed by atoms with Crippen molar-refractivity contribution in [2.24, 2.45) is 30.7 Å². The number of hydrogen-bond donors (Lipinski definition) is 9. The lowest BCUT2D eigenvalue weighted by molar-refractivity contribution is -0.432. The Balaban J connectivity index is 1.37. The summed E-state index contributed by atoms with van der Waals surface area (Å²) >= 11 is 0.745. The van der Waals surface area contributed by atoms with Gasteiger partial charge >= 0.3 is 0 Å². The summed E-state index contributed by atoms with van der Waals surface area (Å²) < 4.78 is 107. The van der Waals surface area contributed by atoms with Crippen molar-refractivity contribution >= 4 is 105 Å². The molecule has 10 N–H and O–H groups in total. The summed E-state index contributed by atoms with van der Waals surface area (Å²) in [6, 6.07) is 17.9. The van der Waals surface area contributed by atoms with Crippen molar-refractivity contribution in [3.8, 4) is 17.2 Å². The van der Waals surface area contributed by atoms with Gasteiger partial charge in [-0.3, -0.25) is 9.11 Å². The molecule has 0 saturated heterocycles. The number of phenols is 2. The molecule has 59 heavy (non-hydrogen) atoms. The van der Waals surface area contributed by atoms with Gasteiger partial charge in [-0.05, 0) is 72.1 Å². The van der Waals surface area contributed by atoms with Gasteiger partial charge in [0.05, 0.1) is 51.7 Å². The minimum Gasteiger partial charge on any atom is -0.506 e. The Kier molecular flexibility index (Phi) is 12.1. The average molecular weight is 890 g/mol. The van der Waals surface area contributed by atoms with E-state index >= 15 is 0 Å². The number of phenolic OH excluding ortho intramolecular Hbond substituents is 2. The van der Waals surface area contributed by atoms with Crippen molar-refractivity contribution in [1.82, 2.24) is 0 Å². The van der Waals surface area contributed by atoms with Gasteiger partial charge in [-0.25, -0.2) is 5.26 Å². The van der Waals surface area contributed by atoms with Gasteiger partial charge in [0, 0.05) is 33.2 Å². The zero-order valence-electron chi connectivity index (χ0n) is 29.4. The molecule has 0 aliphatic rings. The maximum atomic E-state index is 12.0. The average Bonchev–Trinajstić information content (AvgIpc) is 3.17. The summed E-state index contributed by atoms with van der Waals surface area (Å²) in [4.78, 5) is -1.45. The number of nitrogen functional groups attached to an aromatic ring is 1.